The molecule has 1 aromatic heterocycles. The van der Waals surface area contributed by atoms with E-state index in [9.17, 15) is 13.2 Å². The zero-order valence-electron chi connectivity index (χ0n) is 9.01. The topological polar surface area (TPSA) is 34.1 Å². The molecule has 1 heterocycles. The van der Waals surface area contributed by atoms with Crippen LogP contribution in [0.25, 0.3) is 0 Å². The zero-order valence-corrected chi connectivity index (χ0v) is 9.01. The van der Waals surface area contributed by atoms with Crippen molar-refractivity contribution in [2.24, 2.45) is 0 Å². The lowest BCUT2D eigenvalue weighted by atomic mass is 10.2. The molecule has 1 unspecified atom stereocenters. The van der Waals surface area contributed by atoms with Gasteiger partial charge < -0.3 is 10.1 Å². The molecule has 0 saturated carbocycles. The normalized spacial score (nSPS) is 13.3. The minimum absolute atomic E-state index is 0.365. The van der Waals surface area contributed by atoms with E-state index in [2.05, 4.69) is 10.3 Å². The molecule has 0 spiro atoms. The minimum atomic E-state index is -4.16. The van der Waals surface area contributed by atoms with Gasteiger partial charge in [-0.05, 0) is 13.0 Å². The molecular formula is C10H13F3N2O. The Morgan fingerprint density at radius 1 is 1.50 bits per heavy atom. The Bertz CT molecular complexity index is 341. The van der Waals surface area contributed by atoms with Crippen LogP contribution >= 0.6 is 0 Å². The van der Waals surface area contributed by atoms with Crippen LogP contribution in [-0.2, 0) is 0 Å². The molecule has 1 aromatic rings. The van der Waals surface area contributed by atoms with Gasteiger partial charge in [0, 0.05) is 24.0 Å². The van der Waals surface area contributed by atoms with Gasteiger partial charge in [-0.2, -0.15) is 13.2 Å². The van der Waals surface area contributed by atoms with Crippen LogP contribution in [0.4, 0.5) is 18.9 Å². The first-order valence-electron chi connectivity index (χ1n) is 4.74. The summed E-state index contributed by atoms with van der Waals surface area (Å²) in [7, 11) is 1.45. The number of hydrogen-bond acceptors (Lipinski definition) is 3. The number of rotatable bonds is 4. The highest BCUT2D eigenvalue weighted by Crippen LogP contribution is 2.23. The summed E-state index contributed by atoms with van der Waals surface area (Å²) in [4.78, 5) is 3.86. The molecule has 1 atom stereocenters. The summed E-state index contributed by atoms with van der Waals surface area (Å²) in [6, 6.07) is 2.45. The summed E-state index contributed by atoms with van der Waals surface area (Å²) < 4.78 is 41.1. The van der Waals surface area contributed by atoms with Gasteiger partial charge in [0.2, 0.25) is 5.88 Å². The molecule has 0 saturated heterocycles. The van der Waals surface area contributed by atoms with E-state index in [4.69, 9.17) is 4.74 Å². The summed E-state index contributed by atoms with van der Waals surface area (Å²) in [5, 5.41) is 2.73. The fourth-order valence-electron chi connectivity index (χ4n) is 1.29. The van der Waals surface area contributed by atoms with Crippen molar-refractivity contribution in [1.29, 1.82) is 0 Å². The van der Waals surface area contributed by atoms with Crippen LogP contribution in [0.2, 0.25) is 0 Å². The Labute approximate surface area is 91.6 Å². The lowest BCUT2D eigenvalue weighted by Gasteiger charge is -2.17. The molecule has 0 aliphatic carbocycles. The molecule has 1 rings (SSSR count). The molecule has 3 nitrogen and oxygen atoms in total. The lowest BCUT2D eigenvalue weighted by molar-refractivity contribution is -0.136. The van der Waals surface area contributed by atoms with Crippen LogP contribution in [0.1, 0.15) is 13.3 Å². The SMILES string of the molecule is COc1cc(NC(C)CC(F)(F)F)ccn1. The maximum absolute atomic E-state index is 12.1. The maximum atomic E-state index is 12.1. The van der Waals surface area contributed by atoms with Gasteiger partial charge in [-0.15, -0.1) is 0 Å². The summed E-state index contributed by atoms with van der Waals surface area (Å²) in [5.41, 5.74) is 0.559. The number of nitrogens with one attached hydrogen (secondary N) is 1. The van der Waals surface area contributed by atoms with E-state index in [1.807, 2.05) is 0 Å². The van der Waals surface area contributed by atoms with Gasteiger partial charge in [-0.25, -0.2) is 4.98 Å². The van der Waals surface area contributed by atoms with Crippen LogP contribution in [0.3, 0.4) is 0 Å². The molecule has 90 valence electrons. The molecule has 0 aliphatic rings. The predicted molar refractivity (Wildman–Crippen MR) is 54.5 cm³/mol. The molecule has 0 radical (unpaired) electrons. The van der Waals surface area contributed by atoms with Gasteiger partial charge in [0.1, 0.15) is 0 Å². The van der Waals surface area contributed by atoms with Crippen LogP contribution in [0.15, 0.2) is 18.3 Å². The third kappa shape index (κ3) is 4.37. The Balaban J connectivity index is 2.59. The fourth-order valence-corrected chi connectivity index (χ4v) is 1.29. The summed E-state index contributed by atoms with van der Waals surface area (Å²) in [6.45, 7) is 1.47. The van der Waals surface area contributed by atoms with Crippen LogP contribution in [0, 0.1) is 0 Å². The fraction of sp³-hybridized carbons (Fsp3) is 0.500. The molecule has 16 heavy (non-hydrogen) atoms. The first-order chi connectivity index (χ1) is 7.40. The number of pyridine rings is 1. The van der Waals surface area contributed by atoms with Gasteiger partial charge in [0.25, 0.3) is 0 Å². The third-order valence-corrected chi connectivity index (χ3v) is 1.89. The summed E-state index contributed by atoms with van der Waals surface area (Å²) >= 11 is 0. The van der Waals surface area contributed by atoms with E-state index in [0.717, 1.165) is 0 Å². The molecule has 1 N–H and O–H groups in total. The first-order valence-corrected chi connectivity index (χ1v) is 4.74. The molecule has 0 amide bonds. The number of anilines is 1. The molecule has 0 aliphatic heterocycles. The number of aromatic nitrogens is 1. The van der Waals surface area contributed by atoms with Gasteiger partial charge in [0.05, 0.1) is 13.5 Å². The van der Waals surface area contributed by atoms with Crippen LogP contribution < -0.4 is 10.1 Å². The number of methoxy groups -OCH3 is 1. The van der Waals surface area contributed by atoms with Crippen LogP contribution in [0.5, 0.6) is 5.88 Å². The molecule has 0 aromatic carbocycles. The number of halogens is 3. The Morgan fingerprint density at radius 2 is 2.19 bits per heavy atom. The second-order valence-electron chi connectivity index (χ2n) is 3.45. The van der Waals surface area contributed by atoms with Crippen molar-refractivity contribution in [1.82, 2.24) is 4.98 Å². The van der Waals surface area contributed by atoms with Crippen molar-refractivity contribution in [3.05, 3.63) is 18.3 Å². The second kappa shape index (κ2) is 5.05. The van der Waals surface area contributed by atoms with E-state index in [-0.39, 0.29) is 0 Å². The average Bonchev–Trinajstić information content (AvgIpc) is 2.15. The second-order valence-corrected chi connectivity index (χ2v) is 3.45. The van der Waals surface area contributed by atoms with Crippen molar-refractivity contribution in [3.63, 3.8) is 0 Å². The van der Waals surface area contributed by atoms with Crippen molar-refractivity contribution in [3.8, 4) is 5.88 Å². The highest BCUT2D eigenvalue weighted by Gasteiger charge is 2.29. The monoisotopic (exact) mass is 234 g/mol. The highest BCUT2D eigenvalue weighted by molar-refractivity contribution is 5.45. The highest BCUT2D eigenvalue weighted by atomic mass is 19.4. The summed E-state index contributed by atoms with van der Waals surface area (Å²) in [5.74, 6) is 0.365. The number of alkyl halides is 3. The lowest BCUT2D eigenvalue weighted by Crippen LogP contribution is -2.23. The van der Waals surface area contributed by atoms with Crippen LogP contribution in [-0.4, -0.2) is 24.3 Å². The Kier molecular flexibility index (Phi) is 3.98. The van der Waals surface area contributed by atoms with E-state index < -0.39 is 18.6 Å². The van der Waals surface area contributed by atoms with Gasteiger partial charge in [-0.3, -0.25) is 0 Å². The Morgan fingerprint density at radius 3 is 2.75 bits per heavy atom. The quantitative estimate of drug-likeness (QED) is 0.869. The number of nitrogens with zero attached hydrogens (tertiary/aromatic N) is 1. The van der Waals surface area contributed by atoms with Crippen molar-refractivity contribution >= 4 is 5.69 Å². The minimum Gasteiger partial charge on any atom is -0.481 e. The van der Waals surface area contributed by atoms with Gasteiger partial charge >= 0.3 is 6.18 Å². The van der Waals surface area contributed by atoms with E-state index >= 15 is 0 Å². The zero-order chi connectivity index (χ0) is 12.2. The van der Waals surface area contributed by atoms with E-state index in [0.29, 0.717) is 11.6 Å². The predicted octanol–water partition coefficient (Wildman–Crippen LogP) is 2.84. The smallest absolute Gasteiger partial charge is 0.391 e. The van der Waals surface area contributed by atoms with Crippen molar-refractivity contribution in [2.45, 2.75) is 25.6 Å². The molecule has 0 fully saturated rings. The maximum Gasteiger partial charge on any atom is 0.391 e. The van der Waals surface area contributed by atoms with Gasteiger partial charge in [0.15, 0.2) is 0 Å². The van der Waals surface area contributed by atoms with Gasteiger partial charge in [-0.1, -0.05) is 0 Å². The van der Waals surface area contributed by atoms with Crippen molar-refractivity contribution in [2.75, 3.05) is 12.4 Å². The number of hydrogen-bond donors (Lipinski definition) is 1. The third-order valence-electron chi connectivity index (χ3n) is 1.89. The standard InChI is InChI=1S/C10H13F3N2O/c1-7(6-10(11,12)13)15-8-3-4-14-9(5-8)16-2/h3-5,7H,6H2,1-2H3,(H,14,15). The molecule has 6 heteroatoms. The molecular weight excluding hydrogens is 221 g/mol. The number of ether oxygens (including phenoxy) is 1. The largest absolute Gasteiger partial charge is 0.481 e. The van der Waals surface area contributed by atoms with Crippen molar-refractivity contribution < 1.29 is 17.9 Å². The van der Waals surface area contributed by atoms with E-state index in [1.54, 1.807) is 12.1 Å². The Hall–Kier alpha value is -1.46. The molecule has 0 bridgehead atoms. The first kappa shape index (κ1) is 12.6. The summed E-state index contributed by atoms with van der Waals surface area (Å²) in [6.07, 6.45) is -3.57. The van der Waals surface area contributed by atoms with E-state index in [1.165, 1.54) is 20.2 Å². The average molecular weight is 234 g/mol.